The molecular weight excluding hydrogens is 338 g/mol. The highest BCUT2D eigenvalue weighted by atomic mass is 16.2. The third-order valence-electron chi connectivity index (χ3n) is 4.04. The van der Waals surface area contributed by atoms with Gasteiger partial charge in [-0.15, -0.1) is 0 Å². The fourth-order valence-electron chi connectivity index (χ4n) is 2.63. The van der Waals surface area contributed by atoms with Crippen LogP contribution in [0.25, 0.3) is 0 Å². The summed E-state index contributed by atoms with van der Waals surface area (Å²) in [5.74, 6) is -0.599. The molecule has 5 heteroatoms. The first kappa shape index (κ1) is 18.2. The third kappa shape index (κ3) is 5.44. The van der Waals surface area contributed by atoms with Crippen LogP contribution in [-0.2, 0) is 11.2 Å². The molecule has 2 amide bonds. The SMILES string of the molecule is O=C(NC(Cc1ccccc1)C(=O)NNc1ccccc1)c1ccccc1. The molecule has 3 aromatic rings. The van der Waals surface area contributed by atoms with Crippen molar-refractivity contribution >= 4 is 17.5 Å². The van der Waals surface area contributed by atoms with Crippen molar-refractivity contribution in [3.8, 4) is 0 Å². The van der Waals surface area contributed by atoms with E-state index in [0.29, 0.717) is 12.0 Å². The summed E-state index contributed by atoms with van der Waals surface area (Å²) in [5.41, 5.74) is 7.78. The monoisotopic (exact) mass is 359 g/mol. The third-order valence-corrected chi connectivity index (χ3v) is 4.04. The zero-order valence-corrected chi connectivity index (χ0v) is 14.8. The minimum absolute atomic E-state index is 0.286. The van der Waals surface area contributed by atoms with Crippen LogP contribution < -0.4 is 16.2 Å². The van der Waals surface area contributed by atoms with Crippen molar-refractivity contribution in [2.45, 2.75) is 12.5 Å². The number of carbonyl (C=O) groups is 2. The first-order valence-electron chi connectivity index (χ1n) is 8.73. The Balaban J connectivity index is 1.70. The minimum Gasteiger partial charge on any atom is -0.340 e. The Labute approximate surface area is 158 Å². The summed E-state index contributed by atoms with van der Waals surface area (Å²) in [7, 11) is 0. The largest absolute Gasteiger partial charge is 0.340 e. The van der Waals surface area contributed by atoms with Crippen LogP contribution in [0.5, 0.6) is 0 Å². The molecule has 0 bridgehead atoms. The molecule has 0 spiro atoms. The molecule has 0 saturated carbocycles. The van der Waals surface area contributed by atoms with Gasteiger partial charge in [0.1, 0.15) is 6.04 Å². The standard InChI is InChI=1S/C22H21N3O2/c26-21(18-12-6-2-7-13-18)23-20(16-17-10-4-1-5-11-17)22(27)25-24-19-14-8-3-9-15-19/h1-15,20,24H,16H2,(H,23,26)(H,25,27). The van der Waals surface area contributed by atoms with Gasteiger partial charge in [-0.1, -0.05) is 66.7 Å². The van der Waals surface area contributed by atoms with Gasteiger partial charge < -0.3 is 5.32 Å². The summed E-state index contributed by atoms with van der Waals surface area (Å²) in [6, 6.07) is 27.1. The molecule has 3 N–H and O–H groups in total. The zero-order valence-electron chi connectivity index (χ0n) is 14.8. The van der Waals surface area contributed by atoms with E-state index in [2.05, 4.69) is 16.2 Å². The van der Waals surface area contributed by atoms with Crippen molar-refractivity contribution in [2.24, 2.45) is 0 Å². The summed E-state index contributed by atoms with van der Waals surface area (Å²) in [5, 5.41) is 2.83. The van der Waals surface area contributed by atoms with Gasteiger partial charge in [0, 0.05) is 12.0 Å². The maximum atomic E-state index is 12.7. The predicted octanol–water partition coefficient (Wildman–Crippen LogP) is 3.17. The lowest BCUT2D eigenvalue weighted by Crippen LogP contribution is -2.49. The number of para-hydroxylation sites is 1. The molecule has 1 unspecified atom stereocenters. The van der Waals surface area contributed by atoms with E-state index in [4.69, 9.17) is 0 Å². The molecule has 0 heterocycles. The molecule has 5 nitrogen and oxygen atoms in total. The summed E-state index contributed by atoms with van der Waals surface area (Å²) >= 11 is 0. The number of benzene rings is 3. The lowest BCUT2D eigenvalue weighted by molar-refractivity contribution is -0.122. The first-order chi connectivity index (χ1) is 13.2. The number of hydrogen-bond acceptors (Lipinski definition) is 3. The number of anilines is 1. The van der Waals surface area contributed by atoms with Crippen LogP contribution in [-0.4, -0.2) is 17.9 Å². The van der Waals surface area contributed by atoms with E-state index in [1.54, 1.807) is 24.3 Å². The van der Waals surface area contributed by atoms with Gasteiger partial charge in [0.05, 0.1) is 5.69 Å². The number of carbonyl (C=O) groups excluding carboxylic acids is 2. The van der Waals surface area contributed by atoms with Gasteiger partial charge in [-0.05, 0) is 29.8 Å². The molecule has 0 aliphatic carbocycles. The highest BCUT2D eigenvalue weighted by Crippen LogP contribution is 2.07. The normalized spacial score (nSPS) is 11.3. The van der Waals surface area contributed by atoms with Gasteiger partial charge in [0.2, 0.25) is 0 Å². The lowest BCUT2D eigenvalue weighted by atomic mass is 10.0. The highest BCUT2D eigenvalue weighted by molar-refractivity contribution is 5.97. The van der Waals surface area contributed by atoms with E-state index in [0.717, 1.165) is 11.3 Å². The lowest BCUT2D eigenvalue weighted by Gasteiger charge is -2.19. The zero-order chi connectivity index (χ0) is 18.9. The van der Waals surface area contributed by atoms with Crippen LogP contribution in [0.3, 0.4) is 0 Å². The van der Waals surface area contributed by atoms with Crippen molar-refractivity contribution in [3.05, 3.63) is 102 Å². The molecule has 0 fully saturated rings. The summed E-state index contributed by atoms with van der Waals surface area (Å²) in [6.45, 7) is 0. The van der Waals surface area contributed by atoms with E-state index in [1.807, 2.05) is 66.7 Å². The Bertz CT molecular complexity index is 868. The molecule has 3 aromatic carbocycles. The van der Waals surface area contributed by atoms with Crippen LogP contribution in [0, 0.1) is 0 Å². The van der Waals surface area contributed by atoms with Crippen molar-refractivity contribution in [1.82, 2.24) is 10.7 Å². The quantitative estimate of drug-likeness (QED) is 0.568. The molecule has 1 atom stereocenters. The first-order valence-corrected chi connectivity index (χ1v) is 8.73. The van der Waals surface area contributed by atoms with Crippen molar-refractivity contribution in [1.29, 1.82) is 0 Å². The number of rotatable bonds is 7. The average molecular weight is 359 g/mol. The number of amides is 2. The molecule has 0 saturated heterocycles. The van der Waals surface area contributed by atoms with Gasteiger partial charge >= 0.3 is 0 Å². The van der Waals surface area contributed by atoms with Crippen LogP contribution in [0.15, 0.2) is 91.0 Å². The van der Waals surface area contributed by atoms with Gasteiger partial charge in [0.25, 0.3) is 11.8 Å². The Morgan fingerprint density at radius 2 is 1.30 bits per heavy atom. The fourth-order valence-corrected chi connectivity index (χ4v) is 2.63. The molecule has 0 aliphatic rings. The molecular formula is C22H21N3O2. The van der Waals surface area contributed by atoms with Gasteiger partial charge in [-0.2, -0.15) is 0 Å². The number of nitrogens with one attached hydrogen (secondary N) is 3. The summed E-state index contributed by atoms with van der Waals surface area (Å²) in [4.78, 5) is 25.2. The smallest absolute Gasteiger partial charge is 0.261 e. The topological polar surface area (TPSA) is 70.2 Å². The van der Waals surface area contributed by atoms with E-state index in [-0.39, 0.29) is 11.8 Å². The average Bonchev–Trinajstić information content (AvgIpc) is 2.73. The predicted molar refractivity (Wildman–Crippen MR) is 106 cm³/mol. The van der Waals surface area contributed by atoms with Crippen LogP contribution in [0.2, 0.25) is 0 Å². The molecule has 0 aliphatic heterocycles. The number of hydrazine groups is 1. The maximum Gasteiger partial charge on any atom is 0.261 e. The molecule has 3 rings (SSSR count). The van der Waals surface area contributed by atoms with Crippen molar-refractivity contribution in [2.75, 3.05) is 5.43 Å². The Morgan fingerprint density at radius 3 is 1.93 bits per heavy atom. The summed E-state index contributed by atoms with van der Waals surface area (Å²) in [6.07, 6.45) is 0.391. The van der Waals surface area contributed by atoms with Crippen LogP contribution >= 0.6 is 0 Å². The highest BCUT2D eigenvalue weighted by Gasteiger charge is 2.21. The second kappa shape index (κ2) is 9.20. The van der Waals surface area contributed by atoms with Gasteiger partial charge in [-0.25, -0.2) is 0 Å². The van der Waals surface area contributed by atoms with Crippen molar-refractivity contribution in [3.63, 3.8) is 0 Å². The molecule has 136 valence electrons. The second-order valence-corrected chi connectivity index (χ2v) is 6.06. The van der Waals surface area contributed by atoms with Crippen LogP contribution in [0.1, 0.15) is 15.9 Å². The van der Waals surface area contributed by atoms with Crippen molar-refractivity contribution < 1.29 is 9.59 Å². The van der Waals surface area contributed by atoms with Gasteiger partial charge in [0.15, 0.2) is 0 Å². The van der Waals surface area contributed by atoms with Gasteiger partial charge in [-0.3, -0.25) is 20.4 Å². The molecule has 0 aromatic heterocycles. The Kier molecular flexibility index (Phi) is 6.20. The summed E-state index contributed by atoms with van der Waals surface area (Å²) < 4.78 is 0. The second-order valence-electron chi connectivity index (χ2n) is 6.06. The molecule has 0 radical (unpaired) electrons. The minimum atomic E-state index is -0.712. The number of hydrogen-bond donors (Lipinski definition) is 3. The maximum absolute atomic E-state index is 12.7. The van der Waals surface area contributed by atoms with Crippen LogP contribution in [0.4, 0.5) is 5.69 Å². The fraction of sp³-hybridized carbons (Fsp3) is 0.0909. The Hall–Kier alpha value is -3.60. The van der Waals surface area contributed by atoms with E-state index in [9.17, 15) is 9.59 Å². The van der Waals surface area contributed by atoms with E-state index < -0.39 is 6.04 Å². The van der Waals surface area contributed by atoms with E-state index >= 15 is 0 Å². The molecule has 27 heavy (non-hydrogen) atoms. The van der Waals surface area contributed by atoms with E-state index in [1.165, 1.54) is 0 Å². The Morgan fingerprint density at radius 1 is 0.741 bits per heavy atom.